The predicted molar refractivity (Wildman–Crippen MR) is 131 cm³/mol. The third-order valence-electron chi connectivity index (χ3n) is 7.11. The average molecular weight is 527 g/mol. The van der Waals surface area contributed by atoms with Gasteiger partial charge in [-0.25, -0.2) is 17.6 Å². The quantitative estimate of drug-likeness (QED) is 0.280. The number of halogens is 5. The first-order valence-electron chi connectivity index (χ1n) is 12.3. The van der Waals surface area contributed by atoms with Crippen LogP contribution in [0.5, 0.6) is 0 Å². The number of fused-ring (bicyclic) bond motifs is 1. The van der Waals surface area contributed by atoms with Crippen LogP contribution in [-0.4, -0.2) is 89.5 Å². The van der Waals surface area contributed by atoms with Gasteiger partial charge in [0.15, 0.2) is 0 Å². The van der Waals surface area contributed by atoms with Crippen molar-refractivity contribution in [1.82, 2.24) is 9.80 Å². The number of benzene rings is 2. The molecular formula is C25H31BF5N3O3. The fourth-order valence-corrected chi connectivity index (χ4v) is 5.28. The molecule has 0 amide bonds. The molecule has 2 heterocycles. The van der Waals surface area contributed by atoms with Crippen LogP contribution in [0, 0.1) is 11.6 Å². The molecule has 2 aliphatic rings. The van der Waals surface area contributed by atoms with Crippen molar-refractivity contribution >= 4 is 18.3 Å². The van der Waals surface area contributed by atoms with Gasteiger partial charge in [0, 0.05) is 36.9 Å². The zero-order valence-electron chi connectivity index (χ0n) is 20.5. The zero-order chi connectivity index (χ0) is 26.9. The molecule has 2 atom stereocenters. The van der Waals surface area contributed by atoms with Crippen LogP contribution in [0.3, 0.4) is 0 Å². The van der Waals surface area contributed by atoms with Crippen molar-refractivity contribution in [3.8, 4) is 0 Å². The number of likely N-dealkylation sites (tertiary alicyclic amines) is 1. The Hall–Kier alpha value is -2.25. The van der Waals surface area contributed by atoms with E-state index in [0.29, 0.717) is 37.2 Å². The standard InChI is InChI=1S/C25H31BF5N3O3/c1-15-7-16-8-17(26(36)37)3-4-20(16)24(34(15)13-25(30,31)14-35)23-21(28)9-18(10-22(23)29)32-19-11-33(12-19)6-2-5-27/h3-4,8-10,15,19,24,32,35-37H,2,5-7,11-14H2,1H3/t15-,24+/m1/s1. The lowest BCUT2D eigenvalue weighted by Crippen LogP contribution is -2.54. The Morgan fingerprint density at radius 2 is 1.78 bits per heavy atom. The summed E-state index contributed by atoms with van der Waals surface area (Å²) in [6, 6.07) is 4.75. The first-order valence-corrected chi connectivity index (χ1v) is 12.3. The zero-order valence-corrected chi connectivity index (χ0v) is 20.5. The number of alkyl halides is 3. The molecule has 0 unspecified atom stereocenters. The van der Waals surface area contributed by atoms with Crippen LogP contribution >= 0.6 is 0 Å². The monoisotopic (exact) mass is 527 g/mol. The number of nitrogens with zero attached hydrogens (tertiary/aromatic N) is 2. The molecule has 37 heavy (non-hydrogen) atoms. The largest absolute Gasteiger partial charge is 0.488 e. The molecule has 0 bridgehead atoms. The van der Waals surface area contributed by atoms with Crippen molar-refractivity contribution in [3.63, 3.8) is 0 Å². The molecule has 2 aliphatic heterocycles. The van der Waals surface area contributed by atoms with E-state index in [1.165, 1.54) is 23.1 Å². The molecule has 0 spiro atoms. The highest BCUT2D eigenvalue weighted by atomic mass is 19.3. The van der Waals surface area contributed by atoms with Crippen molar-refractivity contribution < 1.29 is 37.1 Å². The van der Waals surface area contributed by atoms with Gasteiger partial charge >= 0.3 is 7.12 Å². The summed E-state index contributed by atoms with van der Waals surface area (Å²) in [5.41, 5.74) is 0.930. The lowest BCUT2D eigenvalue weighted by Gasteiger charge is -2.44. The topological polar surface area (TPSA) is 79.2 Å². The normalized spacial score (nSPS) is 21.0. The maximum atomic E-state index is 15.6. The predicted octanol–water partition coefficient (Wildman–Crippen LogP) is 2.06. The molecule has 6 nitrogen and oxygen atoms in total. The molecule has 1 saturated heterocycles. The van der Waals surface area contributed by atoms with Crippen molar-refractivity contribution in [3.05, 3.63) is 58.7 Å². The summed E-state index contributed by atoms with van der Waals surface area (Å²) < 4.78 is 72.1. The number of nitrogens with one attached hydrogen (secondary N) is 1. The molecule has 0 radical (unpaired) electrons. The van der Waals surface area contributed by atoms with E-state index in [1.807, 2.05) is 4.90 Å². The van der Waals surface area contributed by atoms with Gasteiger partial charge in [-0.15, -0.1) is 0 Å². The van der Waals surface area contributed by atoms with Crippen molar-refractivity contribution in [2.45, 2.75) is 43.8 Å². The second-order valence-electron chi connectivity index (χ2n) is 9.97. The summed E-state index contributed by atoms with van der Waals surface area (Å²) >= 11 is 0. The minimum absolute atomic E-state index is 0.0530. The van der Waals surface area contributed by atoms with Crippen LogP contribution in [0.4, 0.5) is 27.6 Å². The summed E-state index contributed by atoms with van der Waals surface area (Å²) in [6.07, 6.45) is 0.661. The molecule has 0 aliphatic carbocycles. The van der Waals surface area contributed by atoms with Gasteiger partial charge in [0.25, 0.3) is 5.92 Å². The van der Waals surface area contributed by atoms with Crippen molar-refractivity contribution in [2.75, 3.05) is 44.8 Å². The summed E-state index contributed by atoms with van der Waals surface area (Å²) in [7, 11) is -1.76. The first-order chi connectivity index (χ1) is 17.5. The number of hydrogen-bond acceptors (Lipinski definition) is 6. The Labute approximate surface area is 212 Å². The fraction of sp³-hybridized carbons (Fsp3) is 0.520. The summed E-state index contributed by atoms with van der Waals surface area (Å²) in [6.45, 7) is 0.737. The van der Waals surface area contributed by atoms with E-state index in [0.717, 1.165) is 12.1 Å². The number of anilines is 1. The van der Waals surface area contributed by atoms with E-state index in [2.05, 4.69) is 5.32 Å². The Balaban J connectivity index is 1.67. The molecule has 12 heteroatoms. The van der Waals surface area contributed by atoms with Gasteiger partial charge < -0.3 is 20.5 Å². The van der Waals surface area contributed by atoms with Crippen LogP contribution in [0.2, 0.25) is 0 Å². The fourth-order valence-electron chi connectivity index (χ4n) is 5.28. The maximum absolute atomic E-state index is 15.6. The Bertz CT molecular complexity index is 1080. The minimum Gasteiger partial charge on any atom is -0.423 e. The first kappa shape index (κ1) is 27.8. The van der Waals surface area contributed by atoms with E-state index >= 15 is 8.78 Å². The Morgan fingerprint density at radius 1 is 1.11 bits per heavy atom. The van der Waals surface area contributed by atoms with E-state index in [-0.39, 0.29) is 23.6 Å². The van der Waals surface area contributed by atoms with Crippen LogP contribution in [0.25, 0.3) is 0 Å². The molecule has 2 aromatic carbocycles. The summed E-state index contributed by atoms with van der Waals surface area (Å²) in [5, 5.41) is 31.4. The number of hydrogen-bond donors (Lipinski definition) is 4. The van der Waals surface area contributed by atoms with E-state index in [4.69, 9.17) is 0 Å². The van der Waals surface area contributed by atoms with Crippen LogP contribution in [0.15, 0.2) is 30.3 Å². The minimum atomic E-state index is -3.50. The van der Waals surface area contributed by atoms with E-state index in [1.54, 1.807) is 6.92 Å². The highest BCUT2D eigenvalue weighted by Crippen LogP contribution is 2.41. The number of aliphatic hydroxyl groups is 1. The van der Waals surface area contributed by atoms with Crippen molar-refractivity contribution in [2.24, 2.45) is 0 Å². The third-order valence-corrected chi connectivity index (χ3v) is 7.11. The van der Waals surface area contributed by atoms with E-state index in [9.17, 15) is 28.3 Å². The molecule has 0 saturated carbocycles. The van der Waals surface area contributed by atoms with Gasteiger partial charge in [-0.1, -0.05) is 18.2 Å². The van der Waals surface area contributed by atoms with Gasteiger partial charge in [0.1, 0.15) is 18.2 Å². The molecule has 4 rings (SSSR count). The maximum Gasteiger partial charge on any atom is 0.488 e. The van der Waals surface area contributed by atoms with Crippen LogP contribution in [0.1, 0.15) is 36.1 Å². The SMILES string of the molecule is C[C@@H]1Cc2cc(B(O)O)ccc2[C@@H](c2c(F)cc(NC3CN(CCCF)C3)cc2F)N1CC(F)(F)CO. The smallest absolute Gasteiger partial charge is 0.423 e. The molecular weight excluding hydrogens is 496 g/mol. The molecule has 202 valence electrons. The van der Waals surface area contributed by atoms with Gasteiger partial charge in [0.2, 0.25) is 0 Å². The number of rotatable bonds is 10. The van der Waals surface area contributed by atoms with Crippen LogP contribution < -0.4 is 10.8 Å². The van der Waals surface area contributed by atoms with E-state index < -0.39 is 62.1 Å². The lowest BCUT2D eigenvalue weighted by atomic mass is 9.75. The van der Waals surface area contributed by atoms with Gasteiger partial charge in [0.05, 0.1) is 25.3 Å². The molecule has 2 aromatic rings. The highest BCUT2D eigenvalue weighted by molar-refractivity contribution is 6.58. The second-order valence-corrected chi connectivity index (χ2v) is 9.97. The highest BCUT2D eigenvalue weighted by Gasteiger charge is 2.42. The Kier molecular flexibility index (Phi) is 8.44. The van der Waals surface area contributed by atoms with Gasteiger partial charge in [-0.2, -0.15) is 0 Å². The lowest BCUT2D eigenvalue weighted by molar-refractivity contribution is -0.0867. The Morgan fingerprint density at radius 3 is 2.38 bits per heavy atom. The van der Waals surface area contributed by atoms with Crippen LogP contribution in [-0.2, 0) is 6.42 Å². The molecule has 1 fully saturated rings. The van der Waals surface area contributed by atoms with Crippen molar-refractivity contribution in [1.29, 1.82) is 0 Å². The molecule has 4 N–H and O–H groups in total. The number of aliphatic hydroxyl groups excluding tert-OH is 1. The second kappa shape index (κ2) is 11.2. The average Bonchev–Trinajstić information content (AvgIpc) is 2.81. The molecule has 0 aromatic heterocycles. The summed E-state index contributed by atoms with van der Waals surface area (Å²) in [4.78, 5) is 3.30. The van der Waals surface area contributed by atoms with Gasteiger partial charge in [-0.3, -0.25) is 14.2 Å². The third kappa shape index (κ3) is 6.09. The van der Waals surface area contributed by atoms with Gasteiger partial charge in [-0.05, 0) is 48.5 Å². The summed E-state index contributed by atoms with van der Waals surface area (Å²) in [5.74, 6) is -5.33.